The SMILES string of the molecule is COC(=O)[C@H]1CCCN(C(=O)c2c(C)cc(C)[nH]c2=O)C1. The molecular weight excluding hydrogens is 272 g/mol. The van der Waals surface area contributed by atoms with Crippen LogP contribution in [0.4, 0.5) is 0 Å². The summed E-state index contributed by atoms with van der Waals surface area (Å²) in [4.78, 5) is 40.4. The van der Waals surface area contributed by atoms with Gasteiger partial charge in [0, 0.05) is 18.8 Å². The highest BCUT2D eigenvalue weighted by molar-refractivity contribution is 5.95. The normalized spacial score (nSPS) is 18.4. The number of ether oxygens (including phenoxy) is 1. The number of likely N-dealkylation sites (tertiary alicyclic amines) is 1. The number of carbonyl (C=O) groups is 2. The van der Waals surface area contributed by atoms with Crippen molar-refractivity contribution in [3.8, 4) is 0 Å². The molecule has 1 amide bonds. The quantitative estimate of drug-likeness (QED) is 0.825. The van der Waals surface area contributed by atoms with Gasteiger partial charge in [-0.3, -0.25) is 14.4 Å². The molecular formula is C15H20N2O4. The molecule has 1 N–H and O–H groups in total. The maximum Gasteiger partial charge on any atom is 0.310 e. The Kier molecular flexibility index (Phi) is 4.45. The third kappa shape index (κ3) is 3.15. The third-order valence-electron chi connectivity index (χ3n) is 3.82. The number of aromatic amines is 1. The summed E-state index contributed by atoms with van der Waals surface area (Å²) in [6.45, 7) is 4.38. The van der Waals surface area contributed by atoms with Gasteiger partial charge in [0.1, 0.15) is 5.56 Å². The van der Waals surface area contributed by atoms with E-state index in [2.05, 4.69) is 4.98 Å². The zero-order valence-corrected chi connectivity index (χ0v) is 12.6. The number of nitrogens with one attached hydrogen (secondary N) is 1. The van der Waals surface area contributed by atoms with E-state index in [0.29, 0.717) is 25.1 Å². The molecule has 0 saturated carbocycles. The lowest BCUT2D eigenvalue weighted by Crippen LogP contribution is -2.44. The number of rotatable bonds is 2. The molecule has 0 spiro atoms. The molecule has 6 heteroatoms. The molecule has 0 radical (unpaired) electrons. The molecule has 21 heavy (non-hydrogen) atoms. The number of amides is 1. The number of esters is 1. The summed E-state index contributed by atoms with van der Waals surface area (Å²) in [6, 6.07) is 1.77. The van der Waals surface area contributed by atoms with Crippen LogP contribution in [-0.2, 0) is 9.53 Å². The molecule has 1 aliphatic rings. The Morgan fingerprint density at radius 2 is 2.10 bits per heavy atom. The highest BCUT2D eigenvalue weighted by Crippen LogP contribution is 2.19. The van der Waals surface area contributed by atoms with E-state index in [-0.39, 0.29) is 28.9 Å². The molecule has 2 heterocycles. The predicted octanol–water partition coefficient (Wildman–Crippen LogP) is 1.02. The number of aromatic nitrogens is 1. The summed E-state index contributed by atoms with van der Waals surface area (Å²) in [5, 5.41) is 0. The number of hydrogen-bond acceptors (Lipinski definition) is 4. The molecule has 6 nitrogen and oxygen atoms in total. The number of hydrogen-bond donors (Lipinski definition) is 1. The van der Waals surface area contributed by atoms with Crippen molar-refractivity contribution in [2.45, 2.75) is 26.7 Å². The molecule has 1 aromatic heterocycles. The summed E-state index contributed by atoms with van der Waals surface area (Å²) in [5.74, 6) is -0.929. The van der Waals surface area contributed by atoms with Crippen molar-refractivity contribution in [1.82, 2.24) is 9.88 Å². The molecule has 0 unspecified atom stereocenters. The van der Waals surface area contributed by atoms with Gasteiger partial charge in [-0.2, -0.15) is 0 Å². The number of piperidine rings is 1. The van der Waals surface area contributed by atoms with Gasteiger partial charge in [0.05, 0.1) is 13.0 Å². The van der Waals surface area contributed by atoms with Crippen molar-refractivity contribution in [2.24, 2.45) is 5.92 Å². The summed E-state index contributed by atoms with van der Waals surface area (Å²) in [6.07, 6.45) is 1.44. The zero-order valence-electron chi connectivity index (χ0n) is 12.6. The van der Waals surface area contributed by atoms with Gasteiger partial charge in [-0.25, -0.2) is 0 Å². The average Bonchev–Trinajstić information content (AvgIpc) is 2.45. The fourth-order valence-electron chi connectivity index (χ4n) is 2.80. The number of nitrogens with zero attached hydrogens (tertiary/aromatic N) is 1. The van der Waals surface area contributed by atoms with Gasteiger partial charge < -0.3 is 14.6 Å². The smallest absolute Gasteiger partial charge is 0.310 e. The van der Waals surface area contributed by atoms with Crippen molar-refractivity contribution in [3.63, 3.8) is 0 Å². The van der Waals surface area contributed by atoms with Crippen LogP contribution in [0.2, 0.25) is 0 Å². The Balaban J connectivity index is 2.24. The highest BCUT2D eigenvalue weighted by atomic mass is 16.5. The molecule has 0 aromatic carbocycles. The second-order valence-electron chi connectivity index (χ2n) is 5.45. The van der Waals surface area contributed by atoms with Crippen molar-refractivity contribution in [1.29, 1.82) is 0 Å². The number of pyridine rings is 1. The fourth-order valence-corrected chi connectivity index (χ4v) is 2.80. The first-order valence-corrected chi connectivity index (χ1v) is 7.01. The Labute approximate surface area is 123 Å². The lowest BCUT2D eigenvalue weighted by molar-refractivity contribution is -0.146. The minimum atomic E-state index is -0.377. The van der Waals surface area contributed by atoms with E-state index >= 15 is 0 Å². The van der Waals surface area contributed by atoms with Crippen molar-refractivity contribution in [3.05, 3.63) is 33.2 Å². The molecule has 1 aromatic rings. The van der Waals surface area contributed by atoms with Gasteiger partial charge >= 0.3 is 5.97 Å². The maximum atomic E-state index is 12.6. The molecule has 2 rings (SSSR count). The largest absolute Gasteiger partial charge is 0.469 e. The number of carbonyl (C=O) groups excluding carboxylic acids is 2. The molecule has 0 aliphatic carbocycles. The van der Waals surface area contributed by atoms with Gasteiger partial charge in [0.2, 0.25) is 0 Å². The van der Waals surface area contributed by atoms with Crippen molar-refractivity contribution in [2.75, 3.05) is 20.2 Å². The van der Waals surface area contributed by atoms with Gasteiger partial charge in [-0.15, -0.1) is 0 Å². The number of H-pyrrole nitrogens is 1. The lowest BCUT2D eigenvalue weighted by Gasteiger charge is -2.31. The summed E-state index contributed by atoms with van der Waals surface area (Å²) in [5.41, 5.74) is 1.16. The Morgan fingerprint density at radius 1 is 1.38 bits per heavy atom. The molecule has 1 aliphatic heterocycles. The monoisotopic (exact) mass is 292 g/mol. The summed E-state index contributed by atoms with van der Waals surface area (Å²) < 4.78 is 4.74. The van der Waals surface area contributed by atoms with Crippen LogP contribution < -0.4 is 5.56 Å². The van der Waals surface area contributed by atoms with E-state index < -0.39 is 0 Å². The van der Waals surface area contributed by atoms with E-state index in [0.717, 1.165) is 12.1 Å². The minimum Gasteiger partial charge on any atom is -0.469 e. The standard InChI is InChI=1S/C15H20N2O4/c1-9-7-10(2)16-13(18)12(9)14(19)17-6-4-5-11(8-17)15(20)21-3/h7,11H,4-6,8H2,1-3H3,(H,16,18)/t11-/m0/s1. The van der Waals surface area contributed by atoms with Gasteiger partial charge in [0.25, 0.3) is 11.5 Å². The van der Waals surface area contributed by atoms with Crippen LogP contribution >= 0.6 is 0 Å². The van der Waals surface area contributed by atoms with Crippen LogP contribution in [0.5, 0.6) is 0 Å². The topological polar surface area (TPSA) is 79.5 Å². The van der Waals surface area contributed by atoms with Crippen molar-refractivity contribution >= 4 is 11.9 Å². The first-order chi connectivity index (χ1) is 9.93. The average molecular weight is 292 g/mol. The second-order valence-corrected chi connectivity index (χ2v) is 5.45. The van der Waals surface area contributed by atoms with E-state index in [9.17, 15) is 14.4 Å². The third-order valence-corrected chi connectivity index (χ3v) is 3.82. The zero-order chi connectivity index (χ0) is 15.6. The number of aryl methyl sites for hydroxylation is 2. The molecule has 1 fully saturated rings. The van der Waals surface area contributed by atoms with Crippen LogP contribution in [0, 0.1) is 19.8 Å². The van der Waals surface area contributed by atoms with E-state index in [1.54, 1.807) is 24.8 Å². The minimum absolute atomic E-state index is 0.158. The van der Waals surface area contributed by atoms with Crippen LogP contribution in [0.1, 0.15) is 34.5 Å². The van der Waals surface area contributed by atoms with Gasteiger partial charge in [-0.1, -0.05) is 0 Å². The van der Waals surface area contributed by atoms with Crippen LogP contribution in [0.15, 0.2) is 10.9 Å². The Hall–Kier alpha value is -2.11. The summed E-state index contributed by atoms with van der Waals surface area (Å²) >= 11 is 0. The Bertz CT molecular complexity index is 621. The molecule has 114 valence electrons. The van der Waals surface area contributed by atoms with E-state index in [1.807, 2.05) is 0 Å². The fraction of sp³-hybridized carbons (Fsp3) is 0.533. The predicted molar refractivity (Wildman–Crippen MR) is 77.2 cm³/mol. The van der Waals surface area contributed by atoms with Gasteiger partial charge in [-0.05, 0) is 38.3 Å². The molecule has 1 saturated heterocycles. The van der Waals surface area contributed by atoms with E-state index in [4.69, 9.17) is 4.74 Å². The van der Waals surface area contributed by atoms with Gasteiger partial charge in [0.15, 0.2) is 0 Å². The van der Waals surface area contributed by atoms with Crippen LogP contribution in [0.3, 0.4) is 0 Å². The summed E-state index contributed by atoms with van der Waals surface area (Å²) in [7, 11) is 1.35. The first-order valence-electron chi connectivity index (χ1n) is 7.01. The van der Waals surface area contributed by atoms with Crippen LogP contribution in [0.25, 0.3) is 0 Å². The van der Waals surface area contributed by atoms with Crippen LogP contribution in [-0.4, -0.2) is 42.0 Å². The lowest BCUT2D eigenvalue weighted by atomic mass is 9.97. The second kappa shape index (κ2) is 6.11. The van der Waals surface area contributed by atoms with E-state index in [1.165, 1.54) is 7.11 Å². The maximum absolute atomic E-state index is 12.6. The first kappa shape index (κ1) is 15.3. The van der Waals surface area contributed by atoms with Crippen molar-refractivity contribution < 1.29 is 14.3 Å². The highest BCUT2D eigenvalue weighted by Gasteiger charge is 2.31. The molecule has 1 atom stereocenters. The Morgan fingerprint density at radius 3 is 2.71 bits per heavy atom. The molecule has 0 bridgehead atoms. The number of methoxy groups -OCH3 is 1.